The smallest absolute Gasteiger partial charge is 0.254 e. The molecular weight excluding hydrogens is 323 g/mol. The number of carbonyl (C=O) groups excluding carboxylic acids is 3. The molecule has 4 atom stereocenters. The summed E-state index contributed by atoms with van der Waals surface area (Å²) < 4.78 is 13.5. The second kappa shape index (κ2) is 6.10. The third-order valence-electron chi connectivity index (χ3n) is 5.52. The fourth-order valence-electron chi connectivity index (χ4n) is 4.36. The molecule has 1 N–H and O–H groups in total. The van der Waals surface area contributed by atoms with Gasteiger partial charge in [-0.05, 0) is 36.8 Å². The van der Waals surface area contributed by atoms with Crippen LogP contribution >= 0.6 is 0 Å². The van der Waals surface area contributed by atoms with Gasteiger partial charge < -0.3 is 5.32 Å². The lowest BCUT2D eigenvalue weighted by Crippen LogP contribution is -2.36. The first-order chi connectivity index (χ1) is 12.1. The van der Waals surface area contributed by atoms with Crippen LogP contribution in [-0.2, 0) is 9.59 Å². The summed E-state index contributed by atoms with van der Waals surface area (Å²) in [5.41, 5.74) is -0.00648. The second-order valence-electron chi connectivity index (χ2n) is 6.92. The summed E-state index contributed by atoms with van der Waals surface area (Å²) in [6, 6.07) is 5.77. The van der Waals surface area contributed by atoms with Crippen LogP contribution in [0.25, 0.3) is 0 Å². The number of allylic oxidation sites excluding steroid dienone is 2. The van der Waals surface area contributed by atoms with Crippen molar-refractivity contribution in [2.75, 3.05) is 13.1 Å². The van der Waals surface area contributed by atoms with Crippen LogP contribution in [0.3, 0.4) is 0 Å². The molecular formula is C19H19FN2O3. The van der Waals surface area contributed by atoms with Crippen molar-refractivity contribution in [1.29, 1.82) is 0 Å². The maximum Gasteiger partial charge on any atom is 0.254 e. The lowest BCUT2D eigenvalue weighted by molar-refractivity contribution is -0.140. The van der Waals surface area contributed by atoms with Crippen molar-refractivity contribution < 1.29 is 18.8 Å². The van der Waals surface area contributed by atoms with Gasteiger partial charge in [0.1, 0.15) is 5.82 Å². The van der Waals surface area contributed by atoms with Gasteiger partial charge in [-0.3, -0.25) is 19.3 Å². The monoisotopic (exact) mass is 342 g/mol. The van der Waals surface area contributed by atoms with E-state index in [1.165, 1.54) is 23.1 Å². The van der Waals surface area contributed by atoms with Crippen LogP contribution in [0, 0.1) is 29.5 Å². The van der Waals surface area contributed by atoms with E-state index in [-0.39, 0.29) is 47.6 Å². The molecule has 2 fully saturated rings. The summed E-state index contributed by atoms with van der Waals surface area (Å²) in [5.74, 6) is -1.17. The Morgan fingerprint density at radius 3 is 2.40 bits per heavy atom. The number of carbonyl (C=O) groups is 3. The van der Waals surface area contributed by atoms with E-state index in [0.717, 1.165) is 6.42 Å². The summed E-state index contributed by atoms with van der Waals surface area (Å²) in [6.45, 7) is 0.576. The van der Waals surface area contributed by atoms with Gasteiger partial charge in [0.05, 0.1) is 17.4 Å². The van der Waals surface area contributed by atoms with E-state index in [4.69, 9.17) is 0 Å². The lowest BCUT2D eigenvalue weighted by atomic mass is 9.85. The fourth-order valence-corrected chi connectivity index (χ4v) is 4.36. The number of nitrogens with zero attached hydrogens (tertiary/aromatic N) is 1. The van der Waals surface area contributed by atoms with E-state index in [0.29, 0.717) is 13.0 Å². The Balaban J connectivity index is 1.30. The fraction of sp³-hybridized carbons (Fsp3) is 0.421. The van der Waals surface area contributed by atoms with Crippen molar-refractivity contribution in [3.05, 3.63) is 47.8 Å². The molecule has 1 heterocycles. The van der Waals surface area contributed by atoms with Crippen LogP contribution in [0.2, 0.25) is 0 Å². The Hall–Kier alpha value is -2.50. The summed E-state index contributed by atoms with van der Waals surface area (Å²) >= 11 is 0. The molecule has 2 aliphatic carbocycles. The lowest BCUT2D eigenvalue weighted by Gasteiger charge is -2.17. The number of rotatable bonds is 5. The highest BCUT2D eigenvalue weighted by Gasteiger charge is 2.58. The molecule has 1 aromatic rings. The van der Waals surface area contributed by atoms with E-state index < -0.39 is 11.7 Å². The Bertz CT molecular complexity index is 746. The van der Waals surface area contributed by atoms with E-state index in [9.17, 15) is 18.8 Å². The number of hydrogen-bond acceptors (Lipinski definition) is 3. The van der Waals surface area contributed by atoms with Gasteiger partial charge in [0.2, 0.25) is 11.8 Å². The van der Waals surface area contributed by atoms with Gasteiger partial charge >= 0.3 is 0 Å². The van der Waals surface area contributed by atoms with Crippen molar-refractivity contribution >= 4 is 17.7 Å². The van der Waals surface area contributed by atoms with E-state index in [1.807, 2.05) is 0 Å². The standard InChI is InChI=1S/C19H19FN2O3/c20-14-5-2-1-4-13(14)17(23)21-8-3-9-22-18(24)15-11-6-7-12(10-11)16(15)19(22)25/h1-2,4-7,11-12,15-16H,3,8-10H2,(H,21,23). The van der Waals surface area contributed by atoms with Gasteiger partial charge in [0.15, 0.2) is 0 Å². The van der Waals surface area contributed by atoms with Gasteiger partial charge in [-0.25, -0.2) is 4.39 Å². The molecule has 3 aliphatic rings. The SMILES string of the molecule is O=C(NCCCN1C(=O)C2C3C=CC(C3)C2C1=O)c1ccccc1F. The van der Waals surface area contributed by atoms with E-state index in [2.05, 4.69) is 17.5 Å². The van der Waals surface area contributed by atoms with Crippen LogP contribution < -0.4 is 5.32 Å². The topological polar surface area (TPSA) is 66.5 Å². The number of amides is 3. The van der Waals surface area contributed by atoms with Crippen LogP contribution in [0.5, 0.6) is 0 Å². The van der Waals surface area contributed by atoms with Gasteiger partial charge in [-0.1, -0.05) is 24.3 Å². The van der Waals surface area contributed by atoms with Gasteiger partial charge in [0, 0.05) is 13.1 Å². The number of halogens is 1. The molecule has 4 unspecified atom stereocenters. The molecule has 0 radical (unpaired) electrons. The molecule has 1 aliphatic heterocycles. The molecule has 1 aromatic carbocycles. The highest BCUT2D eigenvalue weighted by Crippen LogP contribution is 2.52. The zero-order chi connectivity index (χ0) is 17.6. The number of hydrogen-bond donors (Lipinski definition) is 1. The van der Waals surface area contributed by atoms with E-state index >= 15 is 0 Å². The first-order valence-corrected chi connectivity index (χ1v) is 8.64. The zero-order valence-corrected chi connectivity index (χ0v) is 13.7. The predicted molar refractivity (Wildman–Crippen MR) is 87.8 cm³/mol. The van der Waals surface area contributed by atoms with E-state index in [1.54, 1.807) is 6.07 Å². The third-order valence-corrected chi connectivity index (χ3v) is 5.52. The van der Waals surface area contributed by atoms with Crippen LogP contribution in [0.15, 0.2) is 36.4 Å². The number of imide groups is 1. The van der Waals surface area contributed by atoms with Crippen molar-refractivity contribution in [3.8, 4) is 0 Å². The van der Waals surface area contributed by atoms with Crippen molar-refractivity contribution in [3.63, 3.8) is 0 Å². The maximum absolute atomic E-state index is 13.5. The average Bonchev–Trinajstić information content (AvgIpc) is 3.27. The normalized spacial score (nSPS) is 29.4. The predicted octanol–water partition coefficient (Wildman–Crippen LogP) is 1.75. The number of benzene rings is 1. The van der Waals surface area contributed by atoms with Gasteiger partial charge in [0.25, 0.3) is 5.91 Å². The summed E-state index contributed by atoms with van der Waals surface area (Å²) in [6.07, 6.45) is 5.50. The highest BCUT2D eigenvalue weighted by atomic mass is 19.1. The Morgan fingerprint density at radius 2 is 1.76 bits per heavy atom. The Labute approximate surface area is 144 Å². The maximum atomic E-state index is 13.5. The minimum atomic E-state index is -0.569. The first-order valence-electron chi connectivity index (χ1n) is 8.64. The van der Waals surface area contributed by atoms with Crippen molar-refractivity contribution in [2.24, 2.45) is 23.7 Å². The van der Waals surface area contributed by atoms with Crippen LogP contribution in [0.4, 0.5) is 4.39 Å². The molecule has 4 rings (SSSR count). The summed E-state index contributed by atoms with van der Waals surface area (Å²) in [7, 11) is 0. The quantitative estimate of drug-likeness (QED) is 0.504. The first kappa shape index (κ1) is 16.0. The largest absolute Gasteiger partial charge is 0.352 e. The third kappa shape index (κ3) is 2.56. The summed E-state index contributed by atoms with van der Waals surface area (Å²) in [5, 5.41) is 2.63. The molecule has 1 saturated heterocycles. The van der Waals surface area contributed by atoms with Gasteiger partial charge in [-0.2, -0.15) is 0 Å². The molecule has 6 heteroatoms. The molecule has 25 heavy (non-hydrogen) atoms. The molecule has 0 aromatic heterocycles. The zero-order valence-electron chi connectivity index (χ0n) is 13.7. The second-order valence-corrected chi connectivity index (χ2v) is 6.92. The van der Waals surface area contributed by atoms with Crippen molar-refractivity contribution in [2.45, 2.75) is 12.8 Å². The Kier molecular flexibility index (Phi) is 3.90. The molecule has 1 saturated carbocycles. The van der Waals surface area contributed by atoms with Crippen LogP contribution in [0.1, 0.15) is 23.2 Å². The van der Waals surface area contributed by atoms with Crippen molar-refractivity contribution in [1.82, 2.24) is 10.2 Å². The average molecular weight is 342 g/mol. The van der Waals surface area contributed by atoms with Crippen LogP contribution in [-0.4, -0.2) is 35.7 Å². The molecule has 130 valence electrons. The Morgan fingerprint density at radius 1 is 1.12 bits per heavy atom. The molecule has 2 bridgehead atoms. The highest BCUT2D eigenvalue weighted by molar-refractivity contribution is 6.06. The molecule has 0 spiro atoms. The minimum Gasteiger partial charge on any atom is -0.352 e. The number of nitrogens with one attached hydrogen (secondary N) is 1. The molecule has 3 amide bonds. The number of fused-ring (bicyclic) bond motifs is 5. The summed E-state index contributed by atoms with van der Waals surface area (Å²) in [4.78, 5) is 38.3. The molecule has 5 nitrogen and oxygen atoms in total. The van der Waals surface area contributed by atoms with Gasteiger partial charge in [-0.15, -0.1) is 0 Å². The number of likely N-dealkylation sites (tertiary alicyclic amines) is 1. The minimum absolute atomic E-state index is 0.00648.